The highest BCUT2D eigenvalue weighted by Crippen LogP contribution is 2.28. The molecule has 1 aliphatic heterocycles. The molecule has 1 aliphatic rings. The highest BCUT2D eigenvalue weighted by molar-refractivity contribution is 5.82. The Morgan fingerprint density at radius 2 is 1.95 bits per heavy atom. The highest BCUT2D eigenvalue weighted by atomic mass is 16.6. The largest absolute Gasteiger partial charge is 0.480 e. The van der Waals surface area contributed by atoms with Gasteiger partial charge in [0.1, 0.15) is 17.4 Å². The van der Waals surface area contributed by atoms with Crippen LogP contribution >= 0.6 is 0 Å². The molecule has 1 heterocycles. The van der Waals surface area contributed by atoms with Crippen molar-refractivity contribution in [2.75, 3.05) is 6.54 Å². The molecule has 0 aromatic heterocycles. The van der Waals surface area contributed by atoms with Gasteiger partial charge in [-0.2, -0.15) is 0 Å². The zero-order chi connectivity index (χ0) is 16.9. The van der Waals surface area contributed by atoms with Crippen LogP contribution in [-0.4, -0.2) is 46.0 Å². The Kier molecular flexibility index (Phi) is 6.14. The molecular weight excluding hydrogens is 286 g/mol. The van der Waals surface area contributed by atoms with Crippen LogP contribution in [0.2, 0.25) is 0 Å². The zero-order valence-electron chi connectivity index (χ0n) is 13.7. The number of nitrogens with zero attached hydrogens (tertiary/aromatic N) is 1. The Bertz CT molecular complexity index is 464. The van der Waals surface area contributed by atoms with Gasteiger partial charge in [0.15, 0.2) is 0 Å². The molecule has 0 aromatic rings. The molecule has 1 N–H and O–H groups in total. The monoisotopic (exact) mass is 311 g/mol. The van der Waals surface area contributed by atoms with E-state index in [1.807, 2.05) is 0 Å². The first kappa shape index (κ1) is 18.2. The SMILES string of the molecule is CCC(=O)CC=CC1CCN(C(=O)OC(C)(C)C)C1C(=O)O. The van der Waals surface area contributed by atoms with Crippen LogP contribution in [0.1, 0.15) is 47.0 Å². The van der Waals surface area contributed by atoms with Crippen molar-refractivity contribution in [3.8, 4) is 0 Å². The third-order valence-electron chi connectivity index (χ3n) is 3.45. The average molecular weight is 311 g/mol. The molecule has 0 aliphatic carbocycles. The van der Waals surface area contributed by atoms with E-state index < -0.39 is 23.7 Å². The number of hydrogen-bond donors (Lipinski definition) is 1. The van der Waals surface area contributed by atoms with E-state index >= 15 is 0 Å². The van der Waals surface area contributed by atoms with E-state index in [1.54, 1.807) is 39.8 Å². The fourth-order valence-corrected chi connectivity index (χ4v) is 2.38. The number of Topliss-reactive ketones (excluding diaryl/α,β-unsaturated/α-hetero) is 1. The molecule has 1 rings (SSSR count). The van der Waals surface area contributed by atoms with E-state index in [2.05, 4.69) is 0 Å². The van der Waals surface area contributed by atoms with Gasteiger partial charge in [0, 0.05) is 25.3 Å². The van der Waals surface area contributed by atoms with Crippen LogP contribution < -0.4 is 0 Å². The summed E-state index contributed by atoms with van der Waals surface area (Å²) >= 11 is 0. The van der Waals surface area contributed by atoms with Crippen LogP contribution in [0.5, 0.6) is 0 Å². The maximum Gasteiger partial charge on any atom is 0.411 e. The average Bonchev–Trinajstić information content (AvgIpc) is 2.80. The molecule has 2 unspecified atom stereocenters. The molecule has 0 bridgehead atoms. The van der Waals surface area contributed by atoms with Crippen molar-refractivity contribution in [3.05, 3.63) is 12.2 Å². The normalized spacial score (nSPS) is 22.1. The molecule has 22 heavy (non-hydrogen) atoms. The van der Waals surface area contributed by atoms with Crippen molar-refractivity contribution in [1.29, 1.82) is 0 Å². The van der Waals surface area contributed by atoms with Gasteiger partial charge in [-0.1, -0.05) is 19.1 Å². The number of rotatable bonds is 5. The van der Waals surface area contributed by atoms with Crippen molar-refractivity contribution >= 4 is 17.8 Å². The molecule has 2 atom stereocenters. The van der Waals surface area contributed by atoms with Crippen molar-refractivity contribution in [2.45, 2.75) is 58.6 Å². The maximum atomic E-state index is 12.1. The molecule has 1 saturated heterocycles. The van der Waals surface area contributed by atoms with Gasteiger partial charge in [-0.05, 0) is 27.2 Å². The van der Waals surface area contributed by atoms with Gasteiger partial charge < -0.3 is 9.84 Å². The number of hydrogen-bond acceptors (Lipinski definition) is 4. The predicted molar refractivity (Wildman–Crippen MR) is 81.5 cm³/mol. The number of aliphatic carboxylic acids is 1. The van der Waals surface area contributed by atoms with Gasteiger partial charge in [0.05, 0.1) is 0 Å². The standard InChI is InChI=1S/C16H25NO5/c1-5-12(18)8-6-7-11-9-10-17(13(11)14(19)20)15(21)22-16(2,3)4/h6-7,11,13H,5,8-10H2,1-4H3,(H,19,20). The number of carboxylic acid groups (broad SMARTS) is 1. The number of amides is 1. The minimum absolute atomic E-state index is 0.102. The summed E-state index contributed by atoms with van der Waals surface area (Å²) in [4.78, 5) is 36.1. The van der Waals surface area contributed by atoms with Gasteiger partial charge in [-0.25, -0.2) is 9.59 Å². The van der Waals surface area contributed by atoms with Crippen LogP contribution in [-0.2, 0) is 14.3 Å². The lowest BCUT2D eigenvalue weighted by atomic mass is 9.99. The molecule has 1 amide bonds. The molecular formula is C16H25NO5. The first-order valence-electron chi connectivity index (χ1n) is 7.56. The fraction of sp³-hybridized carbons (Fsp3) is 0.688. The number of ketones is 1. The number of carboxylic acids is 1. The van der Waals surface area contributed by atoms with Gasteiger partial charge in [0.25, 0.3) is 0 Å². The van der Waals surface area contributed by atoms with Crippen molar-refractivity contribution in [3.63, 3.8) is 0 Å². The summed E-state index contributed by atoms with van der Waals surface area (Å²) in [5, 5.41) is 9.41. The van der Waals surface area contributed by atoms with Crippen molar-refractivity contribution < 1.29 is 24.2 Å². The first-order chi connectivity index (χ1) is 10.2. The van der Waals surface area contributed by atoms with Crippen LogP contribution in [0, 0.1) is 5.92 Å². The molecule has 0 spiro atoms. The van der Waals surface area contributed by atoms with Gasteiger partial charge in [0.2, 0.25) is 0 Å². The summed E-state index contributed by atoms with van der Waals surface area (Å²) < 4.78 is 5.26. The van der Waals surface area contributed by atoms with Crippen LogP contribution in [0.4, 0.5) is 4.79 Å². The first-order valence-corrected chi connectivity index (χ1v) is 7.56. The summed E-state index contributed by atoms with van der Waals surface area (Å²) in [6.07, 6.45) is 4.13. The van der Waals surface area contributed by atoms with Gasteiger partial charge >= 0.3 is 12.1 Å². The second-order valence-electron chi connectivity index (χ2n) is 6.43. The Morgan fingerprint density at radius 3 is 2.45 bits per heavy atom. The number of allylic oxidation sites excluding steroid dienone is 1. The number of carbonyl (C=O) groups is 3. The predicted octanol–water partition coefficient (Wildman–Crippen LogP) is 2.62. The number of ether oxygens (including phenoxy) is 1. The topological polar surface area (TPSA) is 83.9 Å². The van der Waals surface area contributed by atoms with E-state index in [-0.39, 0.29) is 11.7 Å². The molecule has 6 nitrogen and oxygen atoms in total. The van der Waals surface area contributed by atoms with Crippen LogP contribution in [0.3, 0.4) is 0 Å². The third-order valence-corrected chi connectivity index (χ3v) is 3.45. The smallest absolute Gasteiger partial charge is 0.411 e. The summed E-state index contributed by atoms with van der Waals surface area (Å²) in [6, 6.07) is -0.942. The fourth-order valence-electron chi connectivity index (χ4n) is 2.38. The van der Waals surface area contributed by atoms with E-state index in [4.69, 9.17) is 4.74 Å². The lowest BCUT2D eigenvalue weighted by Gasteiger charge is -2.27. The van der Waals surface area contributed by atoms with Gasteiger partial charge in [-0.15, -0.1) is 0 Å². The van der Waals surface area contributed by atoms with Crippen molar-refractivity contribution in [1.82, 2.24) is 4.90 Å². The molecule has 124 valence electrons. The van der Waals surface area contributed by atoms with Crippen LogP contribution in [0.25, 0.3) is 0 Å². The van der Waals surface area contributed by atoms with E-state index in [9.17, 15) is 19.5 Å². The van der Waals surface area contributed by atoms with E-state index in [0.29, 0.717) is 25.8 Å². The summed E-state index contributed by atoms with van der Waals surface area (Å²) in [7, 11) is 0. The summed E-state index contributed by atoms with van der Waals surface area (Å²) in [6.45, 7) is 7.35. The molecule has 6 heteroatoms. The highest BCUT2D eigenvalue weighted by Gasteiger charge is 2.42. The summed E-state index contributed by atoms with van der Waals surface area (Å²) in [5.74, 6) is -1.25. The Morgan fingerprint density at radius 1 is 1.32 bits per heavy atom. The van der Waals surface area contributed by atoms with Crippen LogP contribution in [0.15, 0.2) is 12.2 Å². The Balaban J connectivity index is 2.77. The molecule has 0 aromatic carbocycles. The number of likely N-dealkylation sites (tertiary alicyclic amines) is 1. The second-order valence-corrected chi connectivity index (χ2v) is 6.43. The van der Waals surface area contributed by atoms with Crippen molar-refractivity contribution in [2.24, 2.45) is 5.92 Å². The minimum atomic E-state index is -1.06. The lowest BCUT2D eigenvalue weighted by molar-refractivity contribution is -0.142. The Hall–Kier alpha value is -1.85. The van der Waals surface area contributed by atoms with E-state index in [1.165, 1.54) is 4.90 Å². The number of carbonyl (C=O) groups excluding carboxylic acids is 2. The minimum Gasteiger partial charge on any atom is -0.480 e. The third kappa shape index (κ3) is 5.16. The van der Waals surface area contributed by atoms with E-state index in [0.717, 1.165) is 0 Å². The maximum absolute atomic E-state index is 12.1. The summed E-state index contributed by atoms with van der Waals surface area (Å²) in [5.41, 5.74) is -0.665. The molecule has 0 radical (unpaired) electrons. The quantitative estimate of drug-likeness (QED) is 0.789. The molecule has 1 fully saturated rings. The van der Waals surface area contributed by atoms with Gasteiger partial charge in [-0.3, -0.25) is 9.69 Å². The lowest BCUT2D eigenvalue weighted by Crippen LogP contribution is -2.45. The Labute approximate surface area is 131 Å². The second kappa shape index (κ2) is 7.42. The zero-order valence-corrected chi connectivity index (χ0v) is 13.7. The molecule has 0 saturated carbocycles.